The number of carboxylic acid groups (broad SMARTS) is 1. The van der Waals surface area contributed by atoms with Gasteiger partial charge in [0.1, 0.15) is 6.61 Å². The Kier molecular flexibility index (Phi) is 6.75. The van der Waals surface area contributed by atoms with Crippen LogP contribution in [0.15, 0.2) is 48.5 Å². The molecule has 7 nitrogen and oxygen atoms in total. The molecule has 0 aromatic heterocycles. The van der Waals surface area contributed by atoms with Gasteiger partial charge in [-0.05, 0) is 53.9 Å². The second-order valence-electron chi connectivity index (χ2n) is 10.1. The fraction of sp³-hybridized carbons (Fsp3) is 0.464. The van der Waals surface area contributed by atoms with E-state index in [4.69, 9.17) is 9.84 Å². The fourth-order valence-electron chi connectivity index (χ4n) is 5.92. The van der Waals surface area contributed by atoms with Crippen LogP contribution in [-0.2, 0) is 14.3 Å². The van der Waals surface area contributed by atoms with E-state index in [1.54, 1.807) is 0 Å². The predicted octanol–water partition coefficient (Wildman–Crippen LogP) is 4.45. The van der Waals surface area contributed by atoms with Crippen molar-refractivity contribution in [3.8, 4) is 11.1 Å². The molecule has 3 aliphatic carbocycles. The molecule has 2 fully saturated rings. The van der Waals surface area contributed by atoms with E-state index in [1.165, 1.54) is 22.3 Å². The van der Waals surface area contributed by atoms with Crippen LogP contribution in [0.3, 0.4) is 0 Å². The highest BCUT2D eigenvalue weighted by Crippen LogP contribution is 2.44. The molecule has 2 aromatic carbocycles. The number of carbonyl (C=O) groups excluding carboxylic acids is 2. The third-order valence-electron chi connectivity index (χ3n) is 7.85. The molecule has 2 aromatic rings. The topological polar surface area (TPSA) is 105 Å². The Morgan fingerprint density at radius 1 is 0.886 bits per heavy atom. The van der Waals surface area contributed by atoms with E-state index in [1.807, 2.05) is 24.3 Å². The third-order valence-corrected chi connectivity index (χ3v) is 7.85. The van der Waals surface area contributed by atoms with Crippen LogP contribution in [0.4, 0.5) is 4.79 Å². The molecule has 3 N–H and O–H groups in total. The Hall–Kier alpha value is -3.35. The van der Waals surface area contributed by atoms with E-state index in [-0.39, 0.29) is 48.8 Å². The number of rotatable bonds is 7. The van der Waals surface area contributed by atoms with Crippen molar-refractivity contribution in [3.63, 3.8) is 0 Å². The number of hydrogen-bond acceptors (Lipinski definition) is 4. The molecule has 0 spiro atoms. The summed E-state index contributed by atoms with van der Waals surface area (Å²) >= 11 is 0. The zero-order chi connectivity index (χ0) is 24.4. The Bertz CT molecular complexity index is 1060. The maximum absolute atomic E-state index is 12.7. The number of amides is 2. The number of hydrogen-bond donors (Lipinski definition) is 3. The predicted molar refractivity (Wildman–Crippen MR) is 131 cm³/mol. The van der Waals surface area contributed by atoms with Gasteiger partial charge in [0, 0.05) is 23.9 Å². The van der Waals surface area contributed by atoms with Crippen molar-refractivity contribution in [2.24, 2.45) is 11.8 Å². The lowest BCUT2D eigenvalue weighted by molar-refractivity contribution is -0.139. The summed E-state index contributed by atoms with van der Waals surface area (Å²) < 4.78 is 5.61. The minimum atomic E-state index is -0.813. The van der Waals surface area contributed by atoms with E-state index >= 15 is 0 Å². The summed E-state index contributed by atoms with van der Waals surface area (Å²) in [4.78, 5) is 36.3. The molecule has 7 heteroatoms. The lowest BCUT2D eigenvalue weighted by atomic mass is 9.78. The smallest absolute Gasteiger partial charge is 0.407 e. The summed E-state index contributed by atoms with van der Waals surface area (Å²) in [6, 6.07) is 16.3. The molecule has 0 radical (unpaired) electrons. The van der Waals surface area contributed by atoms with Crippen molar-refractivity contribution < 1.29 is 24.2 Å². The van der Waals surface area contributed by atoms with Crippen LogP contribution in [0.1, 0.15) is 62.0 Å². The third kappa shape index (κ3) is 5.04. The quantitative estimate of drug-likeness (QED) is 0.548. The molecule has 2 saturated carbocycles. The number of benzene rings is 2. The second-order valence-corrected chi connectivity index (χ2v) is 10.1. The van der Waals surface area contributed by atoms with Gasteiger partial charge in [-0.1, -0.05) is 61.4 Å². The monoisotopic (exact) mass is 476 g/mol. The summed E-state index contributed by atoms with van der Waals surface area (Å²) in [5, 5.41) is 15.1. The second kappa shape index (κ2) is 10.1. The molecule has 0 bridgehead atoms. The van der Waals surface area contributed by atoms with Crippen LogP contribution >= 0.6 is 0 Å². The number of carbonyl (C=O) groups is 3. The number of carboxylic acids is 1. The van der Waals surface area contributed by atoms with E-state index in [0.717, 1.165) is 25.7 Å². The lowest BCUT2D eigenvalue weighted by Crippen LogP contribution is -2.52. The molecular weight excluding hydrogens is 444 g/mol. The molecule has 184 valence electrons. The standard InChI is InChI=1S/C28H32N2O5/c31-26(32)15-17-7-1-6-12-25(17)30-27(33)18-13-19(14-18)29-28(34)35-16-24-22-10-4-2-8-20(22)21-9-3-5-11-23(21)24/h2-5,8-11,17-19,24-25H,1,6-7,12-16H2,(H,29,34)(H,30,33)(H,31,32)/t17-,18?,19?,25-/m1/s1. The summed E-state index contributed by atoms with van der Waals surface area (Å²) in [6.07, 6.45) is 4.49. The van der Waals surface area contributed by atoms with Gasteiger partial charge in [-0.2, -0.15) is 0 Å². The molecule has 0 saturated heterocycles. The van der Waals surface area contributed by atoms with Crippen LogP contribution in [0.2, 0.25) is 0 Å². The normalized spacial score (nSPS) is 25.0. The maximum Gasteiger partial charge on any atom is 0.407 e. The first kappa shape index (κ1) is 23.4. The van der Waals surface area contributed by atoms with Crippen LogP contribution in [0.5, 0.6) is 0 Å². The van der Waals surface area contributed by atoms with Gasteiger partial charge in [0.05, 0.1) is 6.42 Å². The maximum atomic E-state index is 12.7. The van der Waals surface area contributed by atoms with Gasteiger partial charge < -0.3 is 20.5 Å². The van der Waals surface area contributed by atoms with Crippen LogP contribution < -0.4 is 10.6 Å². The van der Waals surface area contributed by atoms with Gasteiger partial charge in [0.15, 0.2) is 0 Å². The van der Waals surface area contributed by atoms with E-state index in [0.29, 0.717) is 12.8 Å². The highest BCUT2D eigenvalue weighted by molar-refractivity contribution is 5.81. The van der Waals surface area contributed by atoms with Crippen LogP contribution in [0, 0.1) is 11.8 Å². The van der Waals surface area contributed by atoms with Crippen LogP contribution in [0.25, 0.3) is 11.1 Å². The number of nitrogens with one attached hydrogen (secondary N) is 2. The van der Waals surface area contributed by atoms with Crippen molar-refractivity contribution in [2.45, 2.75) is 62.9 Å². The first-order valence-electron chi connectivity index (χ1n) is 12.6. The summed E-state index contributed by atoms with van der Waals surface area (Å²) in [6.45, 7) is 0.267. The molecule has 3 aliphatic rings. The molecule has 0 unspecified atom stereocenters. The Balaban J connectivity index is 1.08. The van der Waals surface area contributed by atoms with Gasteiger partial charge in [-0.3, -0.25) is 9.59 Å². The van der Waals surface area contributed by atoms with Crippen molar-refractivity contribution >= 4 is 18.0 Å². The first-order chi connectivity index (χ1) is 17.0. The zero-order valence-electron chi connectivity index (χ0n) is 19.7. The summed E-state index contributed by atoms with van der Waals surface area (Å²) in [5.74, 6) is -0.978. The van der Waals surface area contributed by atoms with Crippen molar-refractivity contribution in [3.05, 3.63) is 59.7 Å². The molecule has 0 heterocycles. The zero-order valence-corrected chi connectivity index (χ0v) is 19.7. The average molecular weight is 477 g/mol. The number of fused-ring (bicyclic) bond motifs is 3. The summed E-state index contributed by atoms with van der Waals surface area (Å²) in [5.41, 5.74) is 4.72. The Morgan fingerprint density at radius 3 is 2.17 bits per heavy atom. The van der Waals surface area contributed by atoms with Crippen molar-refractivity contribution in [2.75, 3.05) is 6.61 Å². The van der Waals surface area contributed by atoms with Crippen molar-refractivity contribution in [1.82, 2.24) is 10.6 Å². The SMILES string of the molecule is O=C(O)C[C@H]1CCCC[C@H]1NC(=O)C1CC(NC(=O)OCC2c3ccccc3-c3ccccc32)C1. The van der Waals surface area contributed by atoms with Gasteiger partial charge in [-0.15, -0.1) is 0 Å². The molecule has 2 atom stereocenters. The fourth-order valence-corrected chi connectivity index (χ4v) is 5.92. The van der Waals surface area contributed by atoms with Gasteiger partial charge in [0.2, 0.25) is 5.91 Å². The van der Waals surface area contributed by atoms with E-state index in [2.05, 4.69) is 34.9 Å². The Labute approximate surface area is 205 Å². The van der Waals surface area contributed by atoms with Crippen molar-refractivity contribution in [1.29, 1.82) is 0 Å². The molecule has 2 amide bonds. The van der Waals surface area contributed by atoms with E-state index < -0.39 is 12.1 Å². The number of alkyl carbamates (subject to hydrolysis) is 1. The molecule has 0 aliphatic heterocycles. The highest BCUT2D eigenvalue weighted by Gasteiger charge is 2.38. The van der Waals surface area contributed by atoms with Gasteiger partial charge >= 0.3 is 12.1 Å². The van der Waals surface area contributed by atoms with Gasteiger partial charge in [-0.25, -0.2) is 4.79 Å². The van der Waals surface area contributed by atoms with Gasteiger partial charge in [0.25, 0.3) is 0 Å². The van der Waals surface area contributed by atoms with Crippen LogP contribution in [-0.4, -0.2) is 41.8 Å². The number of aliphatic carboxylic acids is 1. The minimum absolute atomic E-state index is 0.0000229. The lowest BCUT2D eigenvalue weighted by Gasteiger charge is -2.37. The molecular formula is C28H32N2O5. The minimum Gasteiger partial charge on any atom is -0.481 e. The largest absolute Gasteiger partial charge is 0.481 e. The average Bonchev–Trinajstić information content (AvgIpc) is 3.14. The molecule has 5 rings (SSSR count). The number of ether oxygens (including phenoxy) is 1. The van der Waals surface area contributed by atoms with E-state index in [9.17, 15) is 14.4 Å². The molecule has 35 heavy (non-hydrogen) atoms. The summed E-state index contributed by atoms with van der Waals surface area (Å²) in [7, 11) is 0. The Morgan fingerprint density at radius 2 is 1.51 bits per heavy atom. The highest BCUT2D eigenvalue weighted by atomic mass is 16.5. The first-order valence-corrected chi connectivity index (χ1v) is 12.6.